The molecule has 2 aromatic heterocycles. The Kier molecular flexibility index (Phi) is 3.75. The van der Waals surface area contributed by atoms with Gasteiger partial charge in [-0.1, -0.05) is 29.3 Å². The van der Waals surface area contributed by atoms with Gasteiger partial charge in [-0.15, -0.1) is 0 Å². The van der Waals surface area contributed by atoms with Gasteiger partial charge in [0, 0.05) is 28.8 Å². The van der Waals surface area contributed by atoms with Crippen LogP contribution in [0.15, 0.2) is 30.6 Å². The fraction of sp³-hybridized carbons (Fsp3) is 0.250. The summed E-state index contributed by atoms with van der Waals surface area (Å²) in [5.74, 6) is -0.433. The van der Waals surface area contributed by atoms with Gasteiger partial charge in [0.05, 0.1) is 34.4 Å². The third kappa shape index (κ3) is 2.30. The number of carbonyl (C=O) groups is 1. The van der Waals surface area contributed by atoms with Crippen LogP contribution in [0.25, 0.3) is 10.9 Å². The van der Waals surface area contributed by atoms with Crippen LogP contribution in [0.2, 0.25) is 10.0 Å². The SMILES string of the molecule is O=C1Cn2c(cc3ccc(Cl)c(Cl)c32)C(c2cn[nH]c2)[C@@H](CO)N1. The number of hydrogen-bond donors (Lipinski definition) is 3. The molecule has 3 N–H and O–H groups in total. The van der Waals surface area contributed by atoms with Crippen LogP contribution >= 0.6 is 23.2 Å². The highest BCUT2D eigenvalue weighted by Crippen LogP contribution is 2.38. The van der Waals surface area contributed by atoms with E-state index in [2.05, 4.69) is 15.5 Å². The normalized spacial score (nSPS) is 20.7. The van der Waals surface area contributed by atoms with Gasteiger partial charge in [0.1, 0.15) is 6.54 Å². The van der Waals surface area contributed by atoms with E-state index in [1.165, 1.54) is 0 Å². The van der Waals surface area contributed by atoms with E-state index in [4.69, 9.17) is 23.2 Å². The average Bonchev–Trinajstić information content (AvgIpc) is 3.17. The van der Waals surface area contributed by atoms with Crippen LogP contribution in [0.4, 0.5) is 0 Å². The van der Waals surface area contributed by atoms with Gasteiger partial charge in [-0.05, 0) is 12.1 Å². The first-order chi connectivity index (χ1) is 11.6. The molecule has 1 aromatic carbocycles. The Morgan fingerprint density at radius 2 is 2.21 bits per heavy atom. The van der Waals surface area contributed by atoms with Gasteiger partial charge in [0.2, 0.25) is 5.91 Å². The highest BCUT2D eigenvalue weighted by molar-refractivity contribution is 6.45. The van der Waals surface area contributed by atoms with Crippen molar-refractivity contribution in [2.45, 2.75) is 18.5 Å². The van der Waals surface area contributed by atoms with Crippen molar-refractivity contribution < 1.29 is 9.90 Å². The predicted octanol–water partition coefficient (Wildman–Crippen LogP) is 2.29. The molecule has 1 unspecified atom stereocenters. The quantitative estimate of drug-likeness (QED) is 0.652. The Hall–Kier alpha value is -2.02. The molecule has 3 heterocycles. The molecule has 1 aliphatic heterocycles. The van der Waals surface area contributed by atoms with Gasteiger partial charge in [-0.25, -0.2) is 0 Å². The lowest BCUT2D eigenvalue weighted by Crippen LogP contribution is -2.40. The monoisotopic (exact) mass is 364 g/mol. The lowest BCUT2D eigenvalue weighted by atomic mass is 9.91. The second-order valence-corrected chi connectivity index (χ2v) is 6.61. The van der Waals surface area contributed by atoms with E-state index in [0.717, 1.165) is 22.2 Å². The van der Waals surface area contributed by atoms with E-state index >= 15 is 0 Å². The highest BCUT2D eigenvalue weighted by atomic mass is 35.5. The smallest absolute Gasteiger partial charge is 0.240 e. The lowest BCUT2D eigenvalue weighted by Gasteiger charge is -2.23. The molecule has 124 valence electrons. The summed E-state index contributed by atoms with van der Waals surface area (Å²) in [6.07, 6.45) is 3.46. The minimum Gasteiger partial charge on any atom is -0.394 e. The molecule has 0 radical (unpaired) electrons. The molecule has 8 heteroatoms. The molecule has 0 saturated heterocycles. The van der Waals surface area contributed by atoms with Crippen molar-refractivity contribution in [3.63, 3.8) is 0 Å². The summed E-state index contributed by atoms with van der Waals surface area (Å²) in [6, 6.07) is 5.15. The fourth-order valence-electron chi connectivity index (χ4n) is 3.41. The number of aromatic amines is 1. The molecule has 1 amide bonds. The third-order valence-electron chi connectivity index (χ3n) is 4.43. The fourth-order valence-corrected chi connectivity index (χ4v) is 3.84. The zero-order valence-electron chi connectivity index (χ0n) is 12.5. The molecule has 0 bridgehead atoms. The summed E-state index contributed by atoms with van der Waals surface area (Å²) in [5.41, 5.74) is 2.48. The summed E-state index contributed by atoms with van der Waals surface area (Å²) in [7, 11) is 0. The number of nitrogens with one attached hydrogen (secondary N) is 2. The Morgan fingerprint density at radius 1 is 1.38 bits per heavy atom. The maximum atomic E-state index is 12.3. The van der Waals surface area contributed by atoms with Crippen molar-refractivity contribution >= 4 is 40.0 Å². The number of aliphatic hydroxyl groups is 1. The number of nitrogens with zero attached hydrogens (tertiary/aromatic N) is 2. The van der Waals surface area contributed by atoms with Gasteiger partial charge < -0.3 is 15.0 Å². The molecule has 24 heavy (non-hydrogen) atoms. The largest absolute Gasteiger partial charge is 0.394 e. The van der Waals surface area contributed by atoms with E-state index in [-0.39, 0.29) is 25.0 Å². The molecule has 4 rings (SSSR count). The third-order valence-corrected chi connectivity index (χ3v) is 5.22. The maximum absolute atomic E-state index is 12.3. The first-order valence-corrected chi connectivity index (χ1v) is 8.21. The number of amides is 1. The molecule has 3 aromatic rings. The number of halogens is 2. The summed E-state index contributed by atoms with van der Waals surface area (Å²) >= 11 is 12.6. The molecule has 6 nitrogen and oxygen atoms in total. The van der Waals surface area contributed by atoms with E-state index in [1.807, 2.05) is 16.7 Å². The van der Waals surface area contributed by atoms with Crippen LogP contribution in [0, 0.1) is 0 Å². The van der Waals surface area contributed by atoms with Crippen LogP contribution < -0.4 is 5.32 Å². The van der Waals surface area contributed by atoms with Crippen LogP contribution in [0.3, 0.4) is 0 Å². The van der Waals surface area contributed by atoms with Gasteiger partial charge in [-0.3, -0.25) is 9.89 Å². The number of hydrogen-bond acceptors (Lipinski definition) is 3. The minimum absolute atomic E-state index is 0.115. The summed E-state index contributed by atoms with van der Waals surface area (Å²) < 4.78 is 1.87. The number of fused-ring (bicyclic) bond motifs is 3. The first-order valence-electron chi connectivity index (χ1n) is 7.46. The molecule has 1 aliphatic rings. The number of aromatic nitrogens is 3. The molecule has 2 atom stereocenters. The van der Waals surface area contributed by atoms with Crippen molar-refractivity contribution in [1.82, 2.24) is 20.1 Å². The second kappa shape index (κ2) is 5.81. The standard InChI is InChI=1S/C16H14Cl2N4O2/c17-10-2-1-8-3-12-14(9-4-19-20-5-9)11(7-23)21-13(24)6-22(12)16(8)15(10)18/h1-5,11,14,23H,6-7H2,(H,19,20)(H,21,24)/t11-,14?/m1/s1. The molecule has 0 aliphatic carbocycles. The van der Waals surface area contributed by atoms with Crippen molar-refractivity contribution in [3.8, 4) is 0 Å². The number of benzene rings is 1. The van der Waals surface area contributed by atoms with Crippen LogP contribution in [-0.2, 0) is 11.3 Å². The maximum Gasteiger partial charge on any atom is 0.240 e. The van der Waals surface area contributed by atoms with E-state index in [9.17, 15) is 9.90 Å². The van der Waals surface area contributed by atoms with E-state index in [0.29, 0.717) is 10.0 Å². The summed E-state index contributed by atoms with van der Waals surface area (Å²) in [5, 5.41) is 21.2. The van der Waals surface area contributed by atoms with Crippen molar-refractivity contribution in [2.75, 3.05) is 6.61 Å². The topological polar surface area (TPSA) is 82.9 Å². The molecular weight excluding hydrogens is 351 g/mol. The molecule has 0 fully saturated rings. The summed E-state index contributed by atoms with van der Waals surface area (Å²) in [6.45, 7) is -0.0681. The number of carbonyl (C=O) groups excluding carboxylic acids is 1. The van der Waals surface area contributed by atoms with Gasteiger partial charge in [0.25, 0.3) is 0 Å². The van der Waals surface area contributed by atoms with Crippen LogP contribution in [-0.4, -0.2) is 38.4 Å². The zero-order valence-corrected chi connectivity index (χ0v) is 14.0. The van der Waals surface area contributed by atoms with E-state index < -0.39 is 6.04 Å². The van der Waals surface area contributed by atoms with Gasteiger partial charge in [0.15, 0.2) is 0 Å². The Balaban J connectivity index is 2.02. The second-order valence-electron chi connectivity index (χ2n) is 5.82. The van der Waals surface area contributed by atoms with Gasteiger partial charge >= 0.3 is 0 Å². The van der Waals surface area contributed by atoms with E-state index in [1.54, 1.807) is 18.5 Å². The molecule has 0 spiro atoms. The Labute approximate surface area is 147 Å². The molecule has 0 saturated carbocycles. The summed E-state index contributed by atoms with van der Waals surface area (Å²) in [4.78, 5) is 12.3. The Bertz CT molecular complexity index is 920. The van der Waals surface area contributed by atoms with Crippen molar-refractivity contribution in [3.05, 3.63) is 51.9 Å². The lowest BCUT2D eigenvalue weighted by molar-refractivity contribution is -0.122. The highest BCUT2D eigenvalue weighted by Gasteiger charge is 2.34. The Morgan fingerprint density at radius 3 is 2.92 bits per heavy atom. The van der Waals surface area contributed by atoms with Crippen molar-refractivity contribution in [1.29, 1.82) is 0 Å². The van der Waals surface area contributed by atoms with Gasteiger partial charge in [-0.2, -0.15) is 5.10 Å². The number of aliphatic hydroxyl groups excluding tert-OH is 1. The van der Waals surface area contributed by atoms with Crippen LogP contribution in [0.5, 0.6) is 0 Å². The van der Waals surface area contributed by atoms with Crippen molar-refractivity contribution in [2.24, 2.45) is 0 Å². The number of rotatable bonds is 2. The average molecular weight is 365 g/mol. The zero-order chi connectivity index (χ0) is 16.8. The molecular formula is C16H14Cl2N4O2. The van der Waals surface area contributed by atoms with Crippen LogP contribution in [0.1, 0.15) is 17.2 Å². The predicted molar refractivity (Wildman–Crippen MR) is 91.4 cm³/mol. The number of H-pyrrole nitrogens is 1. The first kappa shape index (κ1) is 15.5. The minimum atomic E-state index is -0.449.